The van der Waals surface area contributed by atoms with E-state index in [1.165, 1.54) is 0 Å². The van der Waals surface area contributed by atoms with Gasteiger partial charge in [0, 0.05) is 38.3 Å². The number of hydrazine groups is 1. The lowest BCUT2D eigenvalue weighted by Crippen LogP contribution is -2.56. The second-order valence-electron chi connectivity index (χ2n) is 7.34. The summed E-state index contributed by atoms with van der Waals surface area (Å²) in [5.74, 6) is 0.200. The maximum absolute atomic E-state index is 12.7. The Morgan fingerprint density at radius 2 is 1.64 bits per heavy atom. The van der Waals surface area contributed by atoms with Crippen LogP contribution in [0.3, 0.4) is 0 Å². The Labute approximate surface area is 149 Å². The summed E-state index contributed by atoms with van der Waals surface area (Å²) in [6.45, 7) is 4.10. The molecular weight excluding hydrogens is 322 g/mol. The van der Waals surface area contributed by atoms with Gasteiger partial charge in [-0.25, -0.2) is 9.80 Å². The van der Waals surface area contributed by atoms with Crippen LogP contribution in [0.4, 0.5) is 4.79 Å². The highest BCUT2D eigenvalue weighted by Gasteiger charge is 2.33. The Balaban J connectivity index is 1.39. The molecule has 0 aromatic carbocycles. The van der Waals surface area contributed by atoms with Crippen molar-refractivity contribution in [3.05, 3.63) is 0 Å². The first kappa shape index (κ1) is 18.4. The number of urea groups is 1. The minimum absolute atomic E-state index is 0.0106. The molecule has 0 aromatic rings. The lowest BCUT2D eigenvalue weighted by Gasteiger charge is -2.37. The number of carbonyl (C=O) groups excluding carboxylic acids is 2. The highest BCUT2D eigenvalue weighted by Crippen LogP contribution is 2.26. The van der Waals surface area contributed by atoms with Crippen LogP contribution in [0.15, 0.2) is 0 Å². The van der Waals surface area contributed by atoms with E-state index in [-0.39, 0.29) is 29.9 Å². The quantitative estimate of drug-likeness (QED) is 0.665. The highest BCUT2D eigenvalue weighted by atomic mass is 16.5. The number of nitrogens with one attached hydrogen (secondary N) is 2. The van der Waals surface area contributed by atoms with E-state index in [1.54, 1.807) is 0 Å². The zero-order valence-electron chi connectivity index (χ0n) is 14.9. The van der Waals surface area contributed by atoms with E-state index in [0.717, 1.165) is 38.5 Å². The first-order chi connectivity index (χ1) is 12.1. The van der Waals surface area contributed by atoms with E-state index in [4.69, 9.17) is 10.5 Å². The molecule has 3 amide bonds. The summed E-state index contributed by atoms with van der Waals surface area (Å²) >= 11 is 0. The third-order valence-corrected chi connectivity index (χ3v) is 5.55. The molecule has 2 saturated heterocycles. The summed E-state index contributed by atoms with van der Waals surface area (Å²) in [7, 11) is 0. The van der Waals surface area contributed by atoms with Crippen molar-refractivity contribution < 1.29 is 14.3 Å². The van der Waals surface area contributed by atoms with Gasteiger partial charge in [-0.1, -0.05) is 12.8 Å². The van der Waals surface area contributed by atoms with Crippen molar-refractivity contribution in [3.8, 4) is 0 Å². The molecule has 1 saturated carbocycles. The van der Waals surface area contributed by atoms with Crippen molar-refractivity contribution in [1.82, 2.24) is 20.7 Å². The molecule has 25 heavy (non-hydrogen) atoms. The zero-order chi connectivity index (χ0) is 17.6. The summed E-state index contributed by atoms with van der Waals surface area (Å²) in [6, 6.07) is -0.0394. The normalized spacial score (nSPS) is 29.2. The molecule has 2 heterocycles. The third kappa shape index (κ3) is 5.05. The first-order valence-corrected chi connectivity index (χ1v) is 9.57. The van der Waals surface area contributed by atoms with Crippen LogP contribution >= 0.6 is 0 Å². The molecule has 3 rings (SSSR count). The molecule has 3 fully saturated rings. The largest absolute Gasteiger partial charge is 0.379 e. The van der Waals surface area contributed by atoms with Crippen LogP contribution in [-0.4, -0.2) is 73.3 Å². The topological polar surface area (TPSA) is 99.9 Å². The van der Waals surface area contributed by atoms with Crippen molar-refractivity contribution in [2.75, 3.05) is 39.4 Å². The number of piperidine rings is 1. The number of amides is 3. The Bertz CT molecular complexity index is 461. The van der Waals surface area contributed by atoms with Crippen LogP contribution in [0.1, 0.15) is 38.5 Å². The number of hydrogen-bond acceptors (Lipinski definition) is 5. The first-order valence-electron chi connectivity index (χ1n) is 9.57. The van der Waals surface area contributed by atoms with Gasteiger partial charge in [-0.05, 0) is 25.7 Å². The van der Waals surface area contributed by atoms with Gasteiger partial charge in [0.2, 0.25) is 5.91 Å². The van der Waals surface area contributed by atoms with Gasteiger partial charge in [0.25, 0.3) is 0 Å². The van der Waals surface area contributed by atoms with Crippen LogP contribution in [-0.2, 0) is 9.53 Å². The fourth-order valence-electron chi connectivity index (χ4n) is 3.98. The molecule has 2 unspecified atom stereocenters. The molecule has 4 N–H and O–H groups in total. The lowest BCUT2D eigenvalue weighted by molar-refractivity contribution is -0.138. The molecule has 2 atom stereocenters. The predicted molar refractivity (Wildman–Crippen MR) is 93.6 cm³/mol. The van der Waals surface area contributed by atoms with Crippen LogP contribution in [0.5, 0.6) is 0 Å². The molecule has 0 aromatic heterocycles. The van der Waals surface area contributed by atoms with Gasteiger partial charge in [0.15, 0.2) is 0 Å². The zero-order valence-corrected chi connectivity index (χ0v) is 14.9. The van der Waals surface area contributed by atoms with Gasteiger partial charge in [-0.15, -0.1) is 0 Å². The minimum atomic E-state index is -0.166. The molecular formula is C17H31N5O3. The predicted octanol–water partition coefficient (Wildman–Crippen LogP) is 0.0413. The Morgan fingerprint density at radius 1 is 0.960 bits per heavy atom. The van der Waals surface area contributed by atoms with E-state index in [0.29, 0.717) is 39.4 Å². The minimum Gasteiger partial charge on any atom is -0.379 e. The summed E-state index contributed by atoms with van der Waals surface area (Å²) in [5.41, 5.74) is 9.01. The molecule has 0 bridgehead atoms. The molecule has 2 aliphatic heterocycles. The molecule has 0 radical (unpaired) electrons. The number of hydrogen-bond donors (Lipinski definition) is 3. The summed E-state index contributed by atoms with van der Waals surface area (Å²) < 4.78 is 5.26. The second-order valence-corrected chi connectivity index (χ2v) is 7.34. The summed E-state index contributed by atoms with van der Waals surface area (Å²) in [4.78, 5) is 26.7. The van der Waals surface area contributed by atoms with Crippen LogP contribution < -0.4 is 16.5 Å². The number of likely N-dealkylation sites (tertiary alicyclic amines) is 1. The molecule has 8 nitrogen and oxygen atoms in total. The van der Waals surface area contributed by atoms with E-state index >= 15 is 0 Å². The number of rotatable bonds is 3. The second kappa shape index (κ2) is 8.82. The molecule has 142 valence electrons. The van der Waals surface area contributed by atoms with E-state index in [1.807, 2.05) is 9.91 Å². The maximum atomic E-state index is 12.7. The Hall–Kier alpha value is -1.38. The summed E-state index contributed by atoms with van der Waals surface area (Å²) in [5, 5.41) is 4.90. The van der Waals surface area contributed by atoms with Crippen molar-refractivity contribution in [2.24, 2.45) is 11.7 Å². The van der Waals surface area contributed by atoms with Crippen LogP contribution in [0.2, 0.25) is 0 Å². The third-order valence-electron chi connectivity index (χ3n) is 5.55. The fraction of sp³-hybridized carbons (Fsp3) is 0.882. The van der Waals surface area contributed by atoms with E-state index < -0.39 is 0 Å². The number of carbonyl (C=O) groups is 2. The highest BCUT2D eigenvalue weighted by molar-refractivity contribution is 5.80. The summed E-state index contributed by atoms with van der Waals surface area (Å²) in [6.07, 6.45) is 5.70. The van der Waals surface area contributed by atoms with Gasteiger partial charge in [-0.2, -0.15) is 0 Å². The van der Waals surface area contributed by atoms with Crippen LogP contribution in [0, 0.1) is 5.92 Å². The number of morpholine rings is 1. The Kier molecular flexibility index (Phi) is 6.50. The smallest absolute Gasteiger partial charge is 0.329 e. The van der Waals surface area contributed by atoms with Gasteiger partial charge in [-0.3, -0.25) is 10.2 Å². The maximum Gasteiger partial charge on any atom is 0.329 e. The van der Waals surface area contributed by atoms with Gasteiger partial charge >= 0.3 is 6.03 Å². The van der Waals surface area contributed by atoms with E-state index in [2.05, 4.69) is 10.7 Å². The molecule has 0 spiro atoms. The fourth-order valence-corrected chi connectivity index (χ4v) is 3.98. The van der Waals surface area contributed by atoms with Gasteiger partial charge in [0.1, 0.15) is 0 Å². The van der Waals surface area contributed by atoms with Crippen molar-refractivity contribution in [1.29, 1.82) is 0 Å². The van der Waals surface area contributed by atoms with E-state index in [9.17, 15) is 9.59 Å². The average molecular weight is 353 g/mol. The number of nitrogens with two attached hydrogens (primary N) is 1. The standard InChI is InChI=1S/C17H31N5O3/c18-15-4-2-1-3-14(15)16(23)21-7-5-13(6-8-21)19-17(24)20-22-9-11-25-12-10-22/h13-15H,1-12,18H2,(H2,19,20,24). The average Bonchev–Trinajstić information content (AvgIpc) is 2.63. The van der Waals surface area contributed by atoms with Gasteiger partial charge < -0.3 is 20.7 Å². The molecule has 3 aliphatic rings. The molecule has 8 heteroatoms. The lowest BCUT2D eigenvalue weighted by atomic mass is 9.83. The monoisotopic (exact) mass is 353 g/mol. The Morgan fingerprint density at radius 3 is 2.32 bits per heavy atom. The molecule has 1 aliphatic carbocycles. The van der Waals surface area contributed by atoms with Crippen molar-refractivity contribution in [3.63, 3.8) is 0 Å². The number of nitrogens with zero attached hydrogens (tertiary/aromatic N) is 2. The van der Waals surface area contributed by atoms with Crippen molar-refractivity contribution >= 4 is 11.9 Å². The van der Waals surface area contributed by atoms with Gasteiger partial charge in [0.05, 0.1) is 19.1 Å². The SMILES string of the molecule is NC1CCCCC1C(=O)N1CCC(NC(=O)NN2CCOCC2)CC1. The van der Waals surface area contributed by atoms with Crippen molar-refractivity contribution in [2.45, 2.75) is 50.6 Å². The number of ether oxygens (including phenoxy) is 1. The van der Waals surface area contributed by atoms with Crippen LogP contribution in [0.25, 0.3) is 0 Å².